The number of anilines is 3. The van der Waals surface area contributed by atoms with Gasteiger partial charge in [-0.1, -0.05) is 113 Å². The first-order chi connectivity index (χ1) is 25.1. The molecule has 1 aliphatic carbocycles. The summed E-state index contributed by atoms with van der Waals surface area (Å²) in [6, 6.07) is 52.4. The fraction of sp³-hybridized carbons (Fsp3) is 0.143. The zero-order valence-corrected chi connectivity index (χ0v) is 30.1. The Labute approximate surface area is 303 Å². The van der Waals surface area contributed by atoms with Crippen LogP contribution in [0.2, 0.25) is 0 Å². The molecule has 52 heavy (non-hydrogen) atoms. The molecule has 1 aliphatic rings. The van der Waals surface area contributed by atoms with Crippen LogP contribution >= 0.6 is 0 Å². The lowest BCUT2D eigenvalue weighted by atomic mass is 9.80. The van der Waals surface area contributed by atoms with E-state index >= 15 is 0 Å². The molecule has 252 valence electrons. The number of hydrogen-bond acceptors (Lipinski definition) is 3. The van der Waals surface area contributed by atoms with Gasteiger partial charge in [0.1, 0.15) is 22.3 Å². The van der Waals surface area contributed by atoms with Crippen molar-refractivity contribution in [1.29, 1.82) is 0 Å². The highest BCUT2D eigenvalue weighted by Crippen LogP contribution is 2.54. The fourth-order valence-electron chi connectivity index (χ4n) is 8.52. The monoisotopic (exact) mass is 673 g/mol. The third-order valence-electron chi connectivity index (χ3n) is 11.2. The summed E-state index contributed by atoms with van der Waals surface area (Å²) in [6.45, 7) is 11.5. The molecule has 0 radical (unpaired) electrons. The van der Waals surface area contributed by atoms with Gasteiger partial charge in [-0.15, -0.1) is 0 Å². The largest absolute Gasteiger partial charge is 0.456 e. The molecule has 2 heterocycles. The minimum Gasteiger partial charge on any atom is -0.456 e. The van der Waals surface area contributed by atoms with Gasteiger partial charge in [0.2, 0.25) is 0 Å². The molecule has 3 heteroatoms. The molecule has 0 saturated carbocycles. The van der Waals surface area contributed by atoms with Gasteiger partial charge in [-0.05, 0) is 105 Å². The SMILES string of the molecule is CC(C)(C)c1ccc2oc3ccc4c(c3c2c1)C(C)(C)c1ccc(N(c2ccc(-c3ccccc3)cc2)c2ccc3c(c2)oc2ccccc23)cc1-4. The Morgan fingerprint density at radius 3 is 1.92 bits per heavy atom. The van der Waals surface area contributed by atoms with Crippen LogP contribution < -0.4 is 4.90 Å². The molecule has 9 aromatic rings. The van der Waals surface area contributed by atoms with Crippen molar-refractivity contribution in [3.05, 3.63) is 162 Å². The number of hydrogen-bond donors (Lipinski definition) is 0. The van der Waals surface area contributed by atoms with Crippen LogP contribution in [-0.4, -0.2) is 0 Å². The minimum atomic E-state index is -0.216. The van der Waals surface area contributed by atoms with Gasteiger partial charge < -0.3 is 13.7 Å². The first-order valence-corrected chi connectivity index (χ1v) is 18.2. The first kappa shape index (κ1) is 30.7. The topological polar surface area (TPSA) is 29.5 Å². The second kappa shape index (κ2) is 11.0. The Hall–Kier alpha value is -6.06. The van der Waals surface area contributed by atoms with Crippen LogP contribution in [0.1, 0.15) is 51.3 Å². The summed E-state index contributed by atoms with van der Waals surface area (Å²) in [5.41, 5.74) is 15.6. The normalized spacial score (nSPS) is 13.6. The number of furan rings is 2. The van der Waals surface area contributed by atoms with Crippen molar-refractivity contribution in [2.24, 2.45) is 0 Å². The smallest absolute Gasteiger partial charge is 0.137 e. The van der Waals surface area contributed by atoms with Crippen LogP contribution in [0.4, 0.5) is 17.1 Å². The van der Waals surface area contributed by atoms with Crippen LogP contribution in [-0.2, 0) is 10.8 Å². The summed E-state index contributed by atoms with van der Waals surface area (Å²) in [4.78, 5) is 2.36. The summed E-state index contributed by atoms with van der Waals surface area (Å²) in [5.74, 6) is 0. The standard InChI is InChI=1S/C49H39NO2/c1-48(2,3)32-17-25-43-40(27-32)46-44(51-43)26-23-38-39-28-34(21-24-41(39)49(4,5)47(38)46)50(33-18-15-31(16-19-33)30-11-7-6-8-12-30)35-20-22-37-36-13-9-10-14-42(36)52-45(37)29-35/h6-29H,1-5H3. The van der Waals surface area contributed by atoms with E-state index in [2.05, 4.69) is 173 Å². The highest BCUT2D eigenvalue weighted by atomic mass is 16.3. The van der Waals surface area contributed by atoms with Gasteiger partial charge in [0.15, 0.2) is 0 Å². The van der Waals surface area contributed by atoms with Gasteiger partial charge in [-0.25, -0.2) is 0 Å². The number of nitrogens with zero attached hydrogens (tertiary/aromatic N) is 1. The Morgan fingerprint density at radius 1 is 0.481 bits per heavy atom. The first-order valence-electron chi connectivity index (χ1n) is 18.2. The number of rotatable bonds is 4. The Balaban J connectivity index is 1.17. The van der Waals surface area contributed by atoms with Crippen LogP contribution in [0.15, 0.2) is 154 Å². The van der Waals surface area contributed by atoms with Crippen molar-refractivity contribution in [1.82, 2.24) is 0 Å². The van der Waals surface area contributed by atoms with E-state index in [1.165, 1.54) is 49.7 Å². The van der Waals surface area contributed by atoms with E-state index in [4.69, 9.17) is 8.83 Å². The summed E-state index contributed by atoms with van der Waals surface area (Å²) in [5, 5.41) is 4.67. The van der Waals surface area contributed by atoms with Crippen LogP contribution in [0.3, 0.4) is 0 Å². The average Bonchev–Trinajstić information content (AvgIpc) is 3.79. The van der Waals surface area contributed by atoms with Crippen molar-refractivity contribution in [2.75, 3.05) is 4.90 Å². The molecular formula is C49H39NO2. The van der Waals surface area contributed by atoms with Gasteiger partial charge in [-0.2, -0.15) is 0 Å². The molecule has 0 aliphatic heterocycles. The fourth-order valence-corrected chi connectivity index (χ4v) is 8.52. The van der Waals surface area contributed by atoms with E-state index < -0.39 is 0 Å². The van der Waals surface area contributed by atoms with Crippen LogP contribution in [0, 0.1) is 0 Å². The zero-order valence-electron chi connectivity index (χ0n) is 30.1. The molecule has 0 bridgehead atoms. The van der Waals surface area contributed by atoms with Gasteiger partial charge >= 0.3 is 0 Å². The molecule has 0 saturated heterocycles. The molecule has 0 fully saturated rings. The zero-order chi connectivity index (χ0) is 35.4. The highest BCUT2D eigenvalue weighted by Gasteiger charge is 2.39. The molecule has 0 atom stereocenters. The molecule has 10 rings (SSSR count). The van der Waals surface area contributed by atoms with Gasteiger partial charge in [0, 0.05) is 50.1 Å². The van der Waals surface area contributed by atoms with Crippen molar-refractivity contribution in [3.63, 3.8) is 0 Å². The molecule has 0 N–H and O–H groups in total. The number of benzene rings is 7. The molecule has 3 nitrogen and oxygen atoms in total. The maximum absolute atomic E-state index is 6.50. The predicted octanol–water partition coefficient (Wildman–Crippen LogP) is 14.2. The van der Waals surface area contributed by atoms with E-state index in [0.29, 0.717) is 0 Å². The summed E-state index contributed by atoms with van der Waals surface area (Å²) < 4.78 is 12.9. The van der Waals surface area contributed by atoms with E-state index in [1.807, 2.05) is 12.1 Å². The quantitative estimate of drug-likeness (QED) is 0.186. The van der Waals surface area contributed by atoms with E-state index in [-0.39, 0.29) is 10.8 Å². The molecule has 0 amide bonds. The van der Waals surface area contributed by atoms with Crippen molar-refractivity contribution >= 4 is 60.9 Å². The molecule has 7 aromatic carbocycles. The van der Waals surface area contributed by atoms with Crippen molar-refractivity contribution < 1.29 is 8.83 Å². The highest BCUT2D eigenvalue weighted by molar-refractivity contribution is 6.11. The lowest BCUT2D eigenvalue weighted by Gasteiger charge is -2.27. The second-order valence-electron chi connectivity index (χ2n) is 15.8. The third-order valence-corrected chi connectivity index (χ3v) is 11.2. The molecule has 0 unspecified atom stereocenters. The lowest BCUT2D eigenvalue weighted by Crippen LogP contribution is -2.16. The average molecular weight is 674 g/mol. The van der Waals surface area contributed by atoms with Gasteiger partial charge in [0.25, 0.3) is 0 Å². The van der Waals surface area contributed by atoms with E-state index in [9.17, 15) is 0 Å². The Morgan fingerprint density at radius 2 is 1.12 bits per heavy atom. The summed E-state index contributed by atoms with van der Waals surface area (Å²) in [6.07, 6.45) is 0. The maximum Gasteiger partial charge on any atom is 0.137 e. The Bertz CT molecular complexity index is 2850. The Kier molecular flexibility index (Phi) is 6.48. The van der Waals surface area contributed by atoms with E-state index in [1.54, 1.807) is 0 Å². The van der Waals surface area contributed by atoms with E-state index in [0.717, 1.165) is 50.2 Å². The lowest BCUT2D eigenvalue weighted by molar-refractivity contribution is 0.590. The van der Waals surface area contributed by atoms with Crippen molar-refractivity contribution in [2.45, 2.75) is 45.4 Å². The molecule has 2 aromatic heterocycles. The third kappa shape index (κ3) is 4.58. The molecular weight excluding hydrogens is 635 g/mol. The summed E-state index contributed by atoms with van der Waals surface area (Å²) in [7, 11) is 0. The van der Waals surface area contributed by atoms with Gasteiger partial charge in [-0.3, -0.25) is 0 Å². The second-order valence-corrected chi connectivity index (χ2v) is 15.8. The van der Waals surface area contributed by atoms with Crippen molar-refractivity contribution in [3.8, 4) is 22.3 Å². The minimum absolute atomic E-state index is 0.0390. The number of fused-ring (bicyclic) bond motifs is 10. The predicted molar refractivity (Wildman–Crippen MR) is 217 cm³/mol. The van der Waals surface area contributed by atoms with Crippen LogP contribution in [0.5, 0.6) is 0 Å². The maximum atomic E-state index is 6.50. The van der Waals surface area contributed by atoms with Crippen LogP contribution in [0.25, 0.3) is 66.1 Å². The molecule has 0 spiro atoms. The summed E-state index contributed by atoms with van der Waals surface area (Å²) >= 11 is 0. The van der Waals surface area contributed by atoms with Gasteiger partial charge in [0.05, 0.1) is 0 Å². The number of para-hydroxylation sites is 1.